The summed E-state index contributed by atoms with van der Waals surface area (Å²) in [6, 6.07) is 8.58. The van der Waals surface area contributed by atoms with Gasteiger partial charge in [0.25, 0.3) is 0 Å². The fourth-order valence-corrected chi connectivity index (χ4v) is 3.63. The van der Waals surface area contributed by atoms with Crippen LogP contribution in [0.5, 0.6) is 0 Å². The molecule has 1 aromatic rings. The van der Waals surface area contributed by atoms with Gasteiger partial charge in [-0.2, -0.15) is 0 Å². The first kappa shape index (κ1) is 15.6. The van der Waals surface area contributed by atoms with Crippen molar-refractivity contribution < 1.29 is 5.11 Å². The lowest BCUT2D eigenvalue weighted by Crippen LogP contribution is -2.31. The third-order valence-electron chi connectivity index (χ3n) is 4.99. The van der Waals surface area contributed by atoms with Crippen molar-refractivity contribution in [1.29, 1.82) is 0 Å². The van der Waals surface area contributed by atoms with Gasteiger partial charge in [0, 0.05) is 6.42 Å². The van der Waals surface area contributed by atoms with E-state index in [1.54, 1.807) is 0 Å². The lowest BCUT2D eigenvalue weighted by molar-refractivity contribution is 0.0225. The van der Waals surface area contributed by atoms with Gasteiger partial charge in [-0.05, 0) is 49.5 Å². The van der Waals surface area contributed by atoms with Gasteiger partial charge in [-0.15, -0.1) is 0 Å². The van der Waals surface area contributed by atoms with Gasteiger partial charge in [0.15, 0.2) is 0 Å². The molecule has 0 heterocycles. The van der Waals surface area contributed by atoms with E-state index in [0.29, 0.717) is 5.41 Å². The molecule has 1 aromatic carbocycles. The van der Waals surface area contributed by atoms with E-state index in [1.807, 2.05) is 0 Å². The number of hydrogen-bond acceptors (Lipinski definition) is 1. The minimum atomic E-state index is -0.492. The Morgan fingerprint density at radius 3 is 2.60 bits per heavy atom. The van der Waals surface area contributed by atoms with E-state index in [-0.39, 0.29) is 0 Å². The molecule has 0 aliphatic heterocycles. The summed E-state index contributed by atoms with van der Waals surface area (Å²) in [5.41, 5.74) is 2.44. The van der Waals surface area contributed by atoms with Gasteiger partial charge < -0.3 is 5.11 Å². The second-order valence-electron chi connectivity index (χ2n) is 7.88. The first-order valence-corrected chi connectivity index (χ1v) is 8.06. The lowest BCUT2D eigenvalue weighted by Gasteiger charge is -2.31. The van der Waals surface area contributed by atoms with Gasteiger partial charge in [0.1, 0.15) is 0 Å². The third kappa shape index (κ3) is 4.09. The minimum absolute atomic E-state index is 0.370. The van der Waals surface area contributed by atoms with E-state index in [0.717, 1.165) is 38.0 Å². The fraction of sp³-hybridized carbons (Fsp3) is 0.684. The van der Waals surface area contributed by atoms with E-state index >= 15 is 0 Å². The van der Waals surface area contributed by atoms with E-state index in [4.69, 9.17) is 0 Å². The van der Waals surface area contributed by atoms with Crippen LogP contribution in [0.1, 0.15) is 64.0 Å². The summed E-state index contributed by atoms with van der Waals surface area (Å²) >= 11 is 0. The molecule has 0 radical (unpaired) electrons. The first-order valence-electron chi connectivity index (χ1n) is 8.06. The molecule has 1 fully saturated rings. The van der Waals surface area contributed by atoms with Crippen LogP contribution in [0.4, 0.5) is 0 Å². The Hall–Kier alpha value is -0.820. The second-order valence-corrected chi connectivity index (χ2v) is 7.88. The molecule has 2 atom stereocenters. The van der Waals surface area contributed by atoms with E-state index in [1.165, 1.54) is 17.5 Å². The highest BCUT2D eigenvalue weighted by Crippen LogP contribution is 2.40. The molecule has 2 rings (SSSR count). The van der Waals surface area contributed by atoms with Crippen LogP contribution in [0.3, 0.4) is 0 Å². The zero-order valence-corrected chi connectivity index (χ0v) is 13.6. The Morgan fingerprint density at radius 1 is 1.20 bits per heavy atom. The SMILES string of the molecule is Cc1cccc(CC2(O)CCCC(C(C)(C)C)CC2)c1. The van der Waals surface area contributed by atoms with Crippen LogP contribution in [-0.4, -0.2) is 10.7 Å². The molecule has 1 nitrogen and oxygen atoms in total. The summed E-state index contributed by atoms with van der Waals surface area (Å²) in [7, 11) is 0. The summed E-state index contributed by atoms with van der Waals surface area (Å²) < 4.78 is 0. The molecule has 0 aromatic heterocycles. The largest absolute Gasteiger partial charge is 0.390 e. The molecule has 1 heteroatoms. The van der Waals surface area contributed by atoms with Crippen LogP contribution in [0.15, 0.2) is 24.3 Å². The Bertz CT molecular complexity index is 443. The average Bonchev–Trinajstić information content (AvgIpc) is 2.50. The van der Waals surface area contributed by atoms with Gasteiger partial charge in [-0.25, -0.2) is 0 Å². The third-order valence-corrected chi connectivity index (χ3v) is 4.99. The molecule has 0 saturated heterocycles. The Balaban J connectivity index is 2.04. The van der Waals surface area contributed by atoms with Gasteiger partial charge >= 0.3 is 0 Å². The molecule has 0 spiro atoms. The second kappa shape index (κ2) is 5.89. The van der Waals surface area contributed by atoms with Crippen LogP contribution >= 0.6 is 0 Å². The number of aliphatic hydroxyl groups is 1. The predicted molar refractivity (Wildman–Crippen MR) is 85.9 cm³/mol. The molecule has 1 aliphatic rings. The highest BCUT2D eigenvalue weighted by atomic mass is 16.3. The zero-order valence-electron chi connectivity index (χ0n) is 13.6. The van der Waals surface area contributed by atoms with Crippen molar-refractivity contribution in [3.8, 4) is 0 Å². The van der Waals surface area contributed by atoms with Gasteiger partial charge in [-0.3, -0.25) is 0 Å². The molecule has 0 bridgehead atoms. The average molecular weight is 274 g/mol. The van der Waals surface area contributed by atoms with Crippen molar-refractivity contribution in [1.82, 2.24) is 0 Å². The van der Waals surface area contributed by atoms with Crippen molar-refractivity contribution in [2.75, 3.05) is 0 Å². The number of rotatable bonds is 2. The highest BCUT2D eigenvalue weighted by molar-refractivity contribution is 5.23. The predicted octanol–water partition coefficient (Wildman–Crippen LogP) is 4.90. The van der Waals surface area contributed by atoms with Crippen molar-refractivity contribution in [2.45, 2.75) is 71.8 Å². The Labute approximate surface area is 124 Å². The lowest BCUT2D eigenvalue weighted by atomic mass is 9.76. The molecule has 0 amide bonds. The summed E-state index contributed by atoms with van der Waals surface area (Å²) in [6.07, 6.45) is 6.29. The molecular formula is C19H30O. The topological polar surface area (TPSA) is 20.2 Å². The standard InChI is InChI=1S/C19H30O/c1-15-7-5-8-16(13-15)14-19(20)11-6-9-17(10-12-19)18(2,3)4/h5,7-8,13,17,20H,6,9-12,14H2,1-4H3. The maximum Gasteiger partial charge on any atom is 0.0688 e. The fourth-order valence-electron chi connectivity index (χ4n) is 3.63. The maximum absolute atomic E-state index is 11.0. The molecule has 1 N–H and O–H groups in total. The van der Waals surface area contributed by atoms with Crippen LogP contribution in [0, 0.1) is 18.3 Å². The molecule has 112 valence electrons. The maximum atomic E-state index is 11.0. The number of benzene rings is 1. The molecule has 2 unspecified atom stereocenters. The van der Waals surface area contributed by atoms with Gasteiger partial charge in [-0.1, -0.05) is 57.0 Å². The normalized spacial score (nSPS) is 28.1. The summed E-state index contributed by atoms with van der Waals surface area (Å²) in [4.78, 5) is 0. The quantitative estimate of drug-likeness (QED) is 0.761. The van der Waals surface area contributed by atoms with Gasteiger partial charge in [0.05, 0.1) is 5.60 Å². The zero-order chi connectivity index (χ0) is 14.8. The summed E-state index contributed by atoms with van der Waals surface area (Å²) in [5, 5.41) is 11.0. The van der Waals surface area contributed by atoms with Crippen molar-refractivity contribution >= 4 is 0 Å². The summed E-state index contributed by atoms with van der Waals surface area (Å²) in [6.45, 7) is 9.13. The smallest absolute Gasteiger partial charge is 0.0688 e. The van der Waals surface area contributed by atoms with Crippen LogP contribution in [0.25, 0.3) is 0 Å². The summed E-state index contributed by atoms with van der Waals surface area (Å²) in [5.74, 6) is 0.744. The van der Waals surface area contributed by atoms with E-state index in [2.05, 4.69) is 52.0 Å². The molecule has 1 aliphatic carbocycles. The van der Waals surface area contributed by atoms with Crippen LogP contribution < -0.4 is 0 Å². The number of hydrogen-bond donors (Lipinski definition) is 1. The highest BCUT2D eigenvalue weighted by Gasteiger charge is 2.34. The molecular weight excluding hydrogens is 244 g/mol. The molecule has 1 saturated carbocycles. The van der Waals surface area contributed by atoms with E-state index in [9.17, 15) is 5.11 Å². The van der Waals surface area contributed by atoms with Crippen LogP contribution in [-0.2, 0) is 6.42 Å². The van der Waals surface area contributed by atoms with Gasteiger partial charge in [0.2, 0.25) is 0 Å². The monoisotopic (exact) mass is 274 g/mol. The first-order chi connectivity index (χ1) is 9.28. The van der Waals surface area contributed by atoms with Crippen molar-refractivity contribution in [3.63, 3.8) is 0 Å². The Kier molecular flexibility index (Phi) is 4.59. The number of aryl methyl sites for hydroxylation is 1. The van der Waals surface area contributed by atoms with Crippen molar-refractivity contribution in [3.05, 3.63) is 35.4 Å². The van der Waals surface area contributed by atoms with Crippen LogP contribution in [0.2, 0.25) is 0 Å². The minimum Gasteiger partial charge on any atom is -0.390 e. The molecule has 20 heavy (non-hydrogen) atoms. The van der Waals surface area contributed by atoms with Crippen molar-refractivity contribution in [2.24, 2.45) is 11.3 Å². The Morgan fingerprint density at radius 2 is 1.95 bits per heavy atom. The van der Waals surface area contributed by atoms with E-state index < -0.39 is 5.60 Å².